The van der Waals surface area contributed by atoms with Crippen molar-refractivity contribution in [2.75, 3.05) is 14.2 Å². The van der Waals surface area contributed by atoms with Crippen molar-refractivity contribution >= 4 is 21.9 Å². The maximum absolute atomic E-state index is 11.9. The van der Waals surface area contributed by atoms with Crippen LogP contribution in [0.4, 0.5) is 0 Å². The van der Waals surface area contributed by atoms with Gasteiger partial charge in [0.05, 0.1) is 19.6 Å². The standard InChI is InChI=1S/C15H19BrO4/c1-19-10-8-11(16)13(12(9-10)20-2)15(14(17)18)6-4-3-5-7-15/h8-9H,3-7H2,1-2H3,(H,17,18). The molecule has 0 aliphatic heterocycles. The molecule has 1 N–H and O–H groups in total. The zero-order valence-corrected chi connectivity index (χ0v) is 13.3. The molecule has 0 amide bonds. The number of ether oxygens (including phenoxy) is 2. The van der Waals surface area contributed by atoms with Crippen LogP contribution < -0.4 is 9.47 Å². The lowest BCUT2D eigenvalue weighted by atomic mass is 9.69. The zero-order chi connectivity index (χ0) is 14.8. The molecule has 0 unspecified atom stereocenters. The van der Waals surface area contributed by atoms with Crippen molar-refractivity contribution < 1.29 is 19.4 Å². The Hall–Kier alpha value is -1.23. The molecule has 0 bridgehead atoms. The van der Waals surface area contributed by atoms with Gasteiger partial charge in [-0.3, -0.25) is 4.79 Å². The molecule has 20 heavy (non-hydrogen) atoms. The smallest absolute Gasteiger partial charge is 0.314 e. The molecule has 0 atom stereocenters. The van der Waals surface area contributed by atoms with Gasteiger partial charge in [0.1, 0.15) is 11.5 Å². The molecule has 0 aromatic heterocycles. The monoisotopic (exact) mass is 342 g/mol. The number of carbonyl (C=O) groups is 1. The van der Waals surface area contributed by atoms with Crippen LogP contribution in [0.5, 0.6) is 11.5 Å². The summed E-state index contributed by atoms with van der Waals surface area (Å²) >= 11 is 3.50. The topological polar surface area (TPSA) is 55.8 Å². The highest BCUT2D eigenvalue weighted by Gasteiger charge is 2.44. The Morgan fingerprint density at radius 2 is 1.85 bits per heavy atom. The number of carboxylic acids is 1. The maximum atomic E-state index is 11.9. The van der Waals surface area contributed by atoms with E-state index in [1.54, 1.807) is 26.4 Å². The molecule has 0 saturated heterocycles. The average molecular weight is 343 g/mol. The summed E-state index contributed by atoms with van der Waals surface area (Å²) in [6.45, 7) is 0. The van der Waals surface area contributed by atoms with Crippen LogP contribution in [0.2, 0.25) is 0 Å². The number of benzene rings is 1. The van der Waals surface area contributed by atoms with Gasteiger partial charge in [0.15, 0.2) is 0 Å². The van der Waals surface area contributed by atoms with Crippen molar-refractivity contribution in [2.24, 2.45) is 0 Å². The zero-order valence-electron chi connectivity index (χ0n) is 11.7. The fourth-order valence-electron chi connectivity index (χ4n) is 3.03. The Labute approximate surface area is 127 Å². The Balaban J connectivity index is 2.61. The number of hydrogen-bond donors (Lipinski definition) is 1. The van der Waals surface area contributed by atoms with Crippen LogP contribution in [0.3, 0.4) is 0 Å². The van der Waals surface area contributed by atoms with Gasteiger partial charge < -0.3 is 14.6 Å². The van der Waals surface area contributed by atoms with Gasteiger partial charge in [0, 0.05) is 16.1 Å². The third-order valence-electron chi connectivity index (χ3n) is 4.08. The summed E-state index contributed by atoms with van der Waals surface area (Å²) in [5.74, 6) is 0.440. The molecule has 1 aromatic carbocycles. The van der Waals surface area contributed by atoms with Crippen LogP contribution >= 0.6 is 15.9 Å². The Morgan fingerprint density at radius 1 is 1.20 bits per heavy atom. The second-order valence-electron chi connectivity index (χ2n) is 5.13. The fourth-order valence-corrected chi connectivity index (χ4v) is 3.83. The van der Waals surface area contributed by atoms with Crippen LogP contribution in [-0.2, 0) is 10.2 Å². The number of hydrogen-bond acceptors (Lipinski definition) is 3. The third kappa shape index (κ3) is 2.51. The highest BCUT2D eigenvalue weighted by Crippen LogP contribution is 2.48. The lowest BCUT2D eigenvalue weighted by Crippen LogP contribution is -2.38. The van der Waals surface area contributed by atoms with E-state index >= 15 is 0 Å². The predicted molar refractivity (Wildman–Crippen MR) is 79.6 cm³/mol. The molecule has 0 heterocycles. The molecule has 1 fully saturated rings. The summed E-state index contributed by atoms with van der Waals surface area (Å²) in [7, 11) is 3.14. The summed E-state index contributed by atoms with van der Waals surface area (Å²) in [6.07, 6.45) is 4.22. The van der Waals surface area contributed by atoms with Gasteiger partial charge in [-0.15, -0.1) is 0 Å². The molecule has 1 aliphatic rings. The summed E-state index contributed by atoms with van der Waals surface area (Å²) in [4.78, 5) is 11.9. The van der Waals surface area contributed by atoms with Crippen molar-refractivity contribution in [3.63, 3.8) is 0 Å². The average Bonchev–Trinajstić information content (AvgIpc) is 2.46. The quantitative estimate of drug-likeness (QED) is 0.905. The first-order valence-corrected chi connectivity index (χ1v) is 7.50. The van der Waals surface area contributed by atoms with Gasteiger partial charge in [0.25, 0.3) is 0 Å². The summed E-state index contributed by atoms with van der Waals surface area (Å²) in [5.41, 5.74) is -0.137. The van der Waals surface area contributed by atoms with Crippen LogP contribution in [0, 0.1) is 0 Å². The summed E-state index contributed by atoms with van der Waals surface area (Å²) < 4.78 is 11.4. The van der Waals surface area contributed by atoms with Crippen molar-refractivity contribution in [3.8, 4) is 11.5 Å². The second kappa shape index (κ2) is 6.04. The molecule has 1 aliphatic carbocycles. The highest BCUT2D eigenvalue weighted by atomic mass is 79.9. The van der Waals surface area contributed by atoms with Crippen molar-refractivity contribution in [2.45, 2.75) is 37.5 Å². The third-order valence-corrected chi connectivity index (χ3v) is 4.70. The molecule has 2 rings (SSSR count). The minimum Gasteiger partial charge on any atom is -0.497 e. The van der Waals surface area contributed by atoms with E-state index < -0.39 is 11.4 Å². The highest BCUT2D eigenvalue weighted by molar-refractivity contribution is 9.10. The fraction of sp³-hybridized carbons (Fsp3) is 0.533. The number of aliphatic carboxylic acids is 1. The summed E-state index contributed by atoms with van der Waals surface area (Å²) in [6, 6.07) is 3.55. The molecule has 0 spiro atoms. The van der Waals surface area contributed by atoms with E-state index in [0.29, 0.717) is 24.3 Å². The van der Waals surface area contributed by atoms with Crippen LogP contribution in [0.15, 0.2) is 16.6 Å². The molecule has 1 saturated carbocycles. The molecule has 110 valence electrons. The predicted octanol–water partition coefficient (Wildman–Crippen LogP) is 3.75. The number of halogens is 1. The van der Waals surface area contributed by atoms with Gasteiger partial charge in [0.2, 0.25) is 0 Å². The van der Waals surface area contributed by atoms with E-state index in [1.165, 1.54) is 0 Å². The summed E-state index contributed by atoms with van der Waals surface area (Å²) in [5, 5.41) is 9.81. The van der Waals surface area contributed by atoms with Crippen LogP contribution in [-0.4, -0.2) is 25.3 Å². The van der Waals surface area contributed by atoms with E-state index in [2.05, 4.69) is 15.9 Å². The van der Waals surface area contributed by atoms with Gasteiger partial charge in [-0.2, -0.15) is 0 Å². The van der Waals surface area contributed by atoms with Crippen LogP contribution in [0.25, 0.3) is 0 Å². The molecule has 4 nitrogen and oxygen atoms in total. The molecule has 5 heteroatoms. The maximum Gasteiger partial charge on any atom is 0.314 e. The van der Waals surface area contributed by atoms with Crippen molar-refractivity contribution in [3.05, 3.63) is 22.2 Å². The van der Waals surface area contributed by atoms with E-state index in [0.717, 1.165) is 29.3 Å². The Kier molecular flexibility index (Phi) is 4.58. The van der Waals surface area contributed by atoms with E-state index in [4.69, 9.17) is 9.47 Å². The molecule has 1 aromatic rings. The number of methoxy groups -OCH3 is 2. The normalized spacial score (nSPS) is 17.6. The van der Waals surface area contributed by atoms with Crippen molar-refractivity contribution in [1.29, 1.82) is 0 Å². The van der Waals surface area contributed by atoms with Gasteiger partial charge >= 0.3 is 5.97 Å². The lowest BCUT2D eigenvalue weighted by molar-refractivity contribution is -0.145. The first-order chi connectivity index (χ1) is 9.55. The molecular formula is C15H19BrO4. The van der Waals surface area contributed by atoms with E-state index in [1.807, 2.05) is 0 Å². The minimum absolute atomic E-state index is 0.570. The second-order valence-corrected chi connectivity index (χ2v) is 5.99. The first-order valence-electron chi connectivity index (χ1n) is 6.70. The number of rotatable bonds is 4. The van der Waals surface area contributed by atoms with E-state index in [-0.39, 0.29) is 0 Å². The van der Waals surface area contributed by atoms with Gasteiger partial charge in [-0.25, -0.2) is 0 Å². The minimum atomic E-state index is -0.866. The van der Waals surface area contributed by atoms with Gasteiger partial charge in [-0.05, 0) is 18.9 Å². The van der Waals surface area contributed by atoms with E-state index in [9.17, 15) is 9.90 Å². The molecule has 0 radical (unpaired) electrons. The largest absolute Gasteiger partial charge is 0.497 e. The Morgan fingerprint density at radius 3 is 2.35 bits per heavy atom. The Bertz CT molecular complexity index is 507. The molecular weight excluding hydrogens is 324 g/mol. The van der Waals surface area contributed by atoms with Crippen LogP contribution in [0.1, 0.15) is 37.7 Å². The van der Waals surface area contributed by atoms with Gasteiger partial charge in [-0.1, -0.05) is 35.2 Å². The first kappa shape index (κ1) is 15.2. The SMILES string of the molecule is COc1cc(Br)c(C2(C(=O)O)CCCCC2)c(OC)c1. The lowest BCUT2D eigenvalue weighted by Gasteiger charge is -2.35. The number of carboxylic acid groups (broad SMARTS) is 1. The van der Waals surface area contributed by atoms with Crippen molar-refractivity contribution in [1.82, 2.24) is 0 Å².